The Labute approximate surface area is 138 Å². The van der Waals surface area contributed by atoms with E-state index in [9.17, 15) is 5.11 Å². The quantitative estimate of drug-likeness (QED) is 0.786. The lowest BCUT2D eigenvalue weighted by Crippen LogP contribution is -2.17. The molecule has 1 aliphatic heterocycles. The van der Waals surface area contributed by atoms with Crippen LogP contribution in [0.2, 0.25) is 0 Å². The second-order valence-electron chi connectivity index (χ2n) is 5.40. The minimum atomic E-state index is -0.303. The number of aliphatic hydroxyl groups is 1. The Morgan fingerprint density at radius 2 is 2.45 bits per heavy atom. The maximum absolute atomic E-state index is 9.78. The third kappa shape index (κ3) is 3.71. The molecule has 7 heteroatoms. The molecular weight excluding hydrogens is 318 g/mol. The van der Waals surface area contributed by atoms with Gasteiger partial charge in [0.2, 0.25) is 0 Å². The zero-order chi connectivity index (χ0) is 15.4. The molecule has 1 fully saturated rings. The SMILES string of the molecule is CC[C@H](O)CSc1nnc(-c2cccs2)n1CC1CCCO1. The fourth-order valence-electron chi connectivity index (χ4n) is 2.43. The van der Waals surface area contributed by atoms with Crippen molar-refractivity contribution < 1.29 is 9.84 Å². The molecule has 1 unspecified atom stereocenters. The lowest BCUT2D eigenvalue weighted by atomic mass is 10.2. The average Bonchev–Trinajstić information content (AvgIpc) is 3.27. The molecular formula is C15H21N3O2S2. The maximum atomic E-state index is 9.78. The smallest absolute Gasteiger partial charge is 0.191 e. The molecule has 3 rings (SSSR count). The molecule has 2 aromatic rings. The van der Waals surface area contributed by atoms with E-state index in [0.29, 0.717) is 5.75 Å². The zero-order valence-electron chi connectivity index (χ0n) is 12.6. The first-order valence-electron chi connectivity index (χ1n) is 7.67. The van der Waals surface area contributed by atoms with Crippen LogP contribution in [0.15, 0.2) is 22.7 Å². The van der Waals surface area contributed by atoms with E-state index in [2.05, 4.69) is 20.8 Å². The van der Waals surface area contributed by atoms with Crippen molar-refractivity contribution in [3.63, 3.8) is 0 Å². The van der Waals surface area contributed by atoms with E-state index in [-0.39, 0.29) is 12.2 Å². The molecule has 0 spiro atoms. The minimum Gasteiger partial charge on any atom is -0.392 e. The minimum absolute atomic E-state index is 0.241. The molecule has 120 valence electrons. The summed E-state index contributed by atoms with van der Waals surface area (Å²) in [6.45, 7) is 3.61. The van der Waals surface area contributed by atoms with Crippen molar-refractivity contribution in [2.24, 2.45) is 0 Å². The van der Waals surface area contributed by atoms with Crippen molar-refractivity contribution in [3.05, 3.63) is 17.5 Å². The largest absolute Gasteiger partial charge is 0.392 e. The number of aliphatic hydroxyl groups excluding tert-OH is 1. The molecule has 0 aliphatic carbocycles. The number of hydrogen-bond acceptors (Lipinski definition) is 6. The highest BCUT2D eigenvalue weighted by Crippen LogP contribution is 2.29. The molecule has 1 aliphatic rings. The predicted octanol–water partition coefficient (Wildman–Crippen LogP) is 3.05. The Bertz CT molecular complexity index is 580. The topological polar surface area (TPSA) is 60.2 Å². The number of thiophene rings is 1. The van der Waals surface area contributed by atoms with Gasteiger partial charge in [0, 0.05) is 12.4 Å². The number of ether oxygens (including phenoxy) is 1. The van der Waals surface area contributed by atoms with E-state index in [1.807, 2.05) is 18.4 Å². The van der Waals surface area contributed by atoms with Gasteiger partial charge in [-0.2, -0.15) is 0 Å². The van der Waals surface area contributed by atoms with Crippen LogP contribution in [0.3, 0.4) is 0 Å². The van der Waals surface area contributed by atoms with Crippen LogP contribution >= 0.6 is 23.1 Å². The van der Waals surface area contributed by atoms with Crippen molar-refractivity contribution >= 4 is 23.1 Å². The van der Waals surface area contributed by atoms with Gasteiger partial charge in [-0.1, -0.05) is 24.8 Å². The summed E-state index contributed by atoms with van der Waals surface area (Å²) in [5, 5.41) is 21.4. The Balaban J connectivity index is 1.81. The number of thioether (sulfide) groups is 1. The number of aromatic nitrogens is 3. The molecule has 0 bridgehead atoms. The Morgan fingerprint density at radius 1 is 1.55 bits per heavy atom. The van der Waals surface area contributed by atoms with Gasteiger partial charge in [0.05, 0.1) is 23.6 Å². The summed E-state index contributed by atoms with van der Waals surface area (Å²) in [5.41, 5.74) is 0. The first-order valence-corrected chi connectivity index (χ1v) is 9.54. The zero-order valence-corrected chi connectivity index (χ0v) is 14.3. The van der Waals surface area contributed by atoms with Crippen molar-refractivity contribution in [2.45, 2.75) is 50.1 Å². The van der Waals surface area contributed by atoms with Crippen molar-refractivity contribution in [1.82, 2.24) is 14.8 Å². The van der Waals surface area contributed by atoms with E-state index in [0.717, 1.165) is 48.3 Å². The highest BCUT2D eigenvalue weighted by molar-refractivity contribution is 7.99. The summed E-state index contributed by atoms with van der Waals surface area (Å²) in [6, 6.07) is 4.09. The number of rotatable bonds is 7. The molecule has 0 saturated carbocycles. The monoisotopic (exact) mass is 339 g/mol. The molecule has 0 radical (unpaired) electrons. The van der Waals surface area contributed by atoms with E-state index in [4.69, 9.17) is 4.74 Å². The molecule has 0 amide bonds. The number of nitrogens with zero attached hydrogens (tertiary/aromatic N) is 3. The van der Waals surface area contributed by atoms with Crippen LogP contribution in [0.5, 0.6) is 0 Å². The molecule has 1 N–H and O–H groups in total. The van der Waals surface area contributed by atoms with Gasteiger partial charge in [-0.15, -0.1) is 21.5 Å². The van der Waals surface area contributed by atoms with Crippen LogP contribution in [0.1, 0.15) is 26.2 Å². The van der Waals surface area contributed by atoms with Gasteiger partial charge in [-0.3, -0.25) is 4.57 Å². The van der Waals surface area contributed by atoms with Gasteiger partial charge in [0.15, 0.2) is 11.0 Å². The molecule has 2 aromatic heterocycles. The normalized spacial score (nSPS) is 19.6. The molecule has 0 aromatic carbocycles. The second-order valence-corrected chi connectivity index (χ2v) is 7.34. The van der Waals surface area contributed by atoms with Crippen molar-refractivity contribution in [1.29, 1.82) is 0 Å². The van der Waals surface area contributed by atoms with Gasteiger partial charge < -0.3 is 9.84 Å². The first kappa shape index (κ1) is 16.0. The van der Waals surface area contributed by atoms with Crippen LogP contribution in [-0.4, -0.2) is 44.4 Å². The van der Waals surface area contributed by atoms with Crippen LogP contribution in [0.25, 0.3) is 10.7 Å². The van der Waals surface area contributed by atoms with Gasteiger partial charge in [-0.05, 0) is 30.7 Å². The van der Waals surface area contributed by atoms with Crippen LogP contribution < -0.4 is 0 Å². The fourth-order valence-corrected chi connectivity index (χ4v) is 4.14. The van der Waals surface area contributed by atoms with Crippen molar-refractivity contribution in [2.75, 3.05) is 12.4 Å². The summed E-state index contributed by atoms with van der Waals surface area (Å²) < 4.78 is 7.92. The van der Waals surface area contributed by atoms with E-state index in [1.165, 1.54) is 0 Å². The van der Waals surface area contributed by atoms with Gasteiger partial charge >= 0.3 is 0 Å². The molecule has 22 heavy (non-hydrogen) atoms. The average molecular weight is 339 g/mol. The predicted molar refractivity (Wildman–Crippen MR) is 89.3 cm³/mol. The van der Waals surface area contributed by atoms with Crippen LogP contribution in [0.4, 0.5) is 0 Å². The van der Waals surface area contributed by atoms with Crippen LogP contribution in [-0.2, 0) is 11.3 Å². The van der Waals surface area contributed by atoms with Gasteiger partial charge in [0.25, 0.3) is 0 Å². The molecule has 5 nitrogen and oxygen atoms in total. The molecule has 2 atom stereocenters. The summed E-state index contributed by atoms with van der Waals surface area (Å²) >= 11 is 3.24. The van der Waals surface area contributed by atoms with E-state index < -0.39 is 0 Å². The summed E-state index contributed by atoms with van der Waals surface area (Å²) in [5.74, 6) is 1.55. The van der Waals surface area contributed by atoms with E-state index >= 15 is 0 Å². The highest BCUT2D eigenvalue weighted by Gasteiger charge is 2.22. The fraction of sp³-hybridized carbons (Fsp3) is 0.600. The first-order chi connectivity index (χ1) is 10.8. The van der Waals surface area contributed by atoms with E-state index in [1.54, 1.807) is 23.1 Å². The number of hydrogen-bond donors (Lipinski definition) is 1. The van der Waals surface area contributed by atoms with Crippen LogP contribution in [0, 0.1) is 0 Å². The third-order valence-electron chi connectivity index (χ3n) is 3.74. The second kappa shape index (κ2) is 7.59. The van der Waals surface area contributed by atoms with Gasteiger partial charge in [0.1, 0.15) is 0 Å². The highest BCUT2D eigenvalue weighted by atomic mass is 32.2. The maximum Gasteiger partial charge on any atom is 0.191 e. The lowest BCUT2D eigenvalue weighted by molar-refractivity contribution is 0.0953. The van der Waals surface area contributed by atoms with Gasteiger partial charge in [-0.25, -0.2) is 0 Å². The molecule has 1 saturated heterocycles. The standard InChI is InChI=1S/C15H21N3O2S2/c1-2-11(19)10-22-15-17-16-14(13-6-4-8-21-13)18(15)9-12-5-3-7-20-12/h4,6,8,11-12,19H,2-3,5,7,9-10H2,1H3/t11-,12?/m0/s1. The summed E-state index contributed by atoms with van der Waals surface area (Å²) in [4.78, 5) is 1.12. The summed E-state index contributed by atoms with van der Waals surface area (Å²) in [6.07, 6.45) is 2.90. The van der Waals surface area contributed by atoms with Crippen molar-refractivity contribution in [3.8, 4) is 10.7 Å². The Morgan fingerprint density at radius 3 is 3.14 bits per heavy atom. The third-order valence-corrected chi connectivity index (χ3v) is 5.72. The lowest BCUT2D eigenvalue weighted by Gasteiger charge is -2.14. The summed E-state index contributed by atoms with van der Waals surface area (Å²) in [7, 11) is 0. The Hall–Kier alpha value is -0.890. The molecule has 3 heterocycles. The Kier molecular flexibility index (Phi) is 5.51.